The van der Waals surface area contributed by atoms with Gasteiger partial charge in [-0.2, -0.15) is 0 Å². The summed E-state index contributed by atoms with van der Waals surface area (Å²) in [6.07, 6.45) is 0.648. The third kappa shape index (κ3) is 1.67. The molecule has 0 aromatic carbocycles. The average Bonchev–Trinajstić information content (AvgIpc) is 2.84. The van der Waals surface area contributed by atoms with Crippen LogP contribution in [0.15, 0.2) is 16.5 Å². The molecule has 82 valence electrons. The predicted octanol–water partition coefficient (Wildman–Crippen LogP) is 1.66. The van der Waals surface area contributed by atoms with Crippen LogP contribution < -0.4 is 0 Å². The van der Waals surface area contributed by atoms with Gasteiger partial charge in [0.25, 0.3) is 0 Å². The zero-order chi connectivity index (χ0) is 11.7. The van der Waals surface area contributed by atoms with E-state index in [9.17, 15) is 9.59 Å². The van der Waals surface area contributed by atoms with Crippen molar-refractivity contribution in [1.82, 2.24) is 9.97 Å². The third-order valence-electron chi connectivity index (χ3n) is 2.19. The van der Waals surface area contributed by atoms with Crippen LogP contribution in [0, 0.1) is 13.8 Å². The van der Waals surface area contributed by atoms with E-state index < -0.39 is 0 Å². The molecule has 0 saturated heterocycles. The van der Waals surface area contributed by atoms with Crippen LogP contribution in [0.4, 0.5) is 0 Å². The quantitative estimate of drug-likeness (QED) is 0.628. The molecule has 0 saturated carbocycles. The van der Waals surface area contributed by atoms with Crippen molar-refractivity contribution in [2.24, 2.45) is 0 Å². The number of rotatable bonds is 3. The molecule has 2 heterocycles. The number of aryl methyl sites for hydroxylation is 2. The van der Waals surface area contributed by atoms with E-state index in [0.717, 1.165) is 0 Å². The molecule has 2 rings (SSSR count). The summed E-state index contributed by atoms with van der Waals surface area (Å²) in [6, 6.07) is 3.09. The van der Waals surface area contributed by atoms with Crippen LogP contribution in [0.5, 0.6) is 0 Å². The SMILES string of the molecule is Cc1nc(C)c(C(=O)c2ccc(C=O)[nH]2)o1. The molecule has 0 amide bonds. The molecule has 0 spiro atoms. The molecule has 0 radical (unpaired) electrons. The average molecular weight is 218 g/mol. The monoisotopic (exact) mass is 218 g/mol. The molecule has 0 bridgehead atoms. The zero-order valence-electron chi connectivity index (χ0n) is 8.90. The summed E-state index contributed by atoms with van der Waals surface area (Å²) in [4.78, 5) is 29.1. The van der Waals surface area contributed by atoms with Crippen molar-refractivity contribution < 1.29 is 14.0 Å². The predicted molar refractivity (Wildman–Crippen MR) is 55.6 cm³/mol. The van der Waals surface area contributed by atoms with Crippen LogP contribution in [0.1, 0.15) is 38.3 Å². The Bertz CT molecular complexity index is 551. The fourth-order valence-corrected chi connectivity index (χ4v) is 1.48. The lowest BCUT2D eigenvalue weighted by atomic mass is 10.2. The molecule has 0 aliphatic carbocycles. The molecule has 0 fully saturated rings. The lowest BCUT2D eigenvalue weighted by Crippen LogP contribution is -2.02. The topological polar surface area (TPSA) is 76.0 Å². The van der Waals surface area contributed by atoms with Crippen molar-refractivity contribution in [2.45, 2.75) is 13.8 Å². The number of oxazole rings is 1. The fourth-order valence-electron chi connectivity index (χ4n) is 1.48. The number of hydrogen-bond donors (Lipinski definition) is 1. The summed E-state index contributed by atoms with van der Waals surface area (Å²) in [5.74, 6) is 0.353. The molecule has 16 heavy (non-hydrogen) atoms. The van der Waals surface area contributed by atoms with Crippen LogP contribution >= 0.6 is 0 Å². The summed E-state index contributed by atoms with van der Waals surface area (Å²) in [6.45, 7) is 3.38. The van der Waals surface area contributed by atoms with Crippen molar-refractivity contribution in [3.8, 4) is 0 Å². The van der Waals surface area contributed by atoms with E-state index in [1.165, 1.54) is 0 Å². The van der Waals surface area contributed by atoms with Crippen molar-refractivity contribution >= 4 is 12.1 Å². The van der Waals surface area contributed by atoms with E-state index in [2.05, 4.69) is 9.97 Å². The maximum absolute atomic E-state index is 11.9. The zero-order valence-corrected chi connectivity index (χ0v) is 8.90. The number of carbonyl (C=O) groups excluding carboxylic acids is 2. The molecule has 2 aromatic rings. The Hall–Kier alpha value is -2.17. The van der Waals surface area contributed by atoms with E-state index in [1.54, 1.807) is 26.0 Å². The molecule has 2 aromatic heterocycles. The molecule has 0 unspecified atom stereocenters. The Morgan fingerprint density at radius 2 is 2.19 bits per heavy atom. The smallest absolute Gasteiger partial charge is 0.246 e. The van der Waals surface area contributed by atoms with Crippen LogP contribution in [-0.4, -0.2) is 22.0 Å². The minimum absolute atomic E-state index is 0.205. The number of ketones is 1. The molecule has 0 aliphatic heterocycles. The number of aromatic nitrogens is 2. The number of nitrogens with one attached hydrogen (secondary N) is 1. The van der Waals surface area contributed by atoms with Gasteiger partial charge < -0.3 is 9.40 Å². The Morgan fingerprint density at radius 1 is 1.44 bits per heavy atom. The molecule has 0 atom stereocenters. The summed E-state index contributed by atoms with van der Waals surface area (Å²) in [5.41, 5.74) is 1.23. The van der Waals surface area contributed by atoms with E-state index in [0.29, 0.717) is 29.3 Å². The maximum atomic E-state index is 11.9. The molecular weight excluding hydrogens is 208 g/mol. The fraction of sp³-hybridized carbons (Fsp3) is 0.182. The number of aldehydes is 1. The molecule has 5 nitrogen and oxygen atoms in total. The van der Waals surface area contributed by atoms with Gasteiger partial charge in [-0.1, -0.05) is 0 Å². The van der Waals surface area contributed by atoms with Gasteiger partial charge in [-0.15, -0.1) is 0 Å². The summed E-state index contributed by atoms with van der Waals surface area (Å²) < 4.78 is 5.20. The Labute approximate surface area is 91.5 Å². The van der Waals surface area contributed by atoms with Crippen molar-refractivity contribution in [2.75, 3.05) is 0 Å². The van der Waals surface area contributed by atoms with Crippen LogP contribution in [0.3, 0.4) is 0 Å². The van der Waals surface area contributed by atoms with Gasteiger partial charge in [0.15, 0.2) is 17.9 Å². The van der Waals surface area contributed by atoms with Crippen molar-refractivity contribution in [3.05, 3.63) is 40.9 Å². The Morgan fingerprint density at radius 3 is 2.69 bits per heavy atom. The van der Waals surface area contributed by atoms with Gasteiger partial charge in [0, 0.05) is 6.92 Å². The maximum Gasteiger partial charge on any atom is 0.246 e. The highest BCUT2D eigenvalue weighted by Crippen LogP contribution is 2.14. The number of nitrogens with zero attached hydrogens (tertiary/aromatic N) is 1. The van der Waals surface area contributed by atoms with Gasteiger partial charge >= 0.3 is 0 Å². The van der Waals surface area contributed by atoms with Crippen molar-refractivity contribution in [1.29, 1.82) is 0 Å². The standard InChI is InChI=1S/C11H10N2O3/c1-6-11(16-7(2)12-6)10(15)9-4-3-8(5-14)13-9/h3-5,13H,1-2H3. The summed E-state index contributed by atoms with van der Waals surface area (Å²) in [7, 11) is 0. The second kappa shape index (κ2) is 3.77. The van der Waals surface area contributed by atoms with Crippen LogP contribution in [0.2, 0.25) is 0 Å². The molecule has 1 N–H and O–H groups in total. The first kappa shape index (κ1) is 10.4. The molecular formula is C11H10N2O3. The van der Waals surface area contributed by atoms with Crippen molar-refractivity contribution in [3.63, 3.8) is 0 Å². The first-order chi connectivity index (χ1) is 7.61. The van der Waals surface area contributed by atoms with Crippen LogP contribution in [0.25, 0.3) is 0 Å². The van der Waals surface area contributed by atoms with E-state index in [1.807, 2.05) is 0 Å². The second-order valence-corrected chi connectivity index (χ2v) is 3.42. The number of hydrogen-bond acceptors (Lipinski definition) is 4. The van der Waals surface area contributed by atoms with Gasteiger partial charge in [0.1, 0.15) is 0 Å². The molecule has 0 aliphatic rings. The summed E-state index contributed by atoms with van der Waals surface area (Å²) in [5, 5.41) is 0. The molecule has 5 heteroatoms. The third-order valence-corrected chi connectivity index (χ3v) is 2.19. The Kier molecular flexibility index (Phi) is 2.44. The lowest BCUT2D eigenvalue weighted by molar-refractivity contribution is 0.100. The van der Waals surface area contributed by atoms with E-state index in [-0.39, 0.29) is 11.5 Å². The number of H-pyrrole nitrogens is 1. The van der Waals surface area contributed by atoms with Gasteiger partial charge in [0.2, 0.25) is 5.78 Å². The highest BCUT2D eigenvalue weighted by atomic mass is 16.4. The first-order valence-corrected chi connectivity index (χ1v) is 4.74. The normalized spacial score (nSPS) is 10.4. The van der Waals surface area contributed by atoms with Gasteiger partial charge in [0.05, 0.1) is 17.1 Å². The van der Waals surface area contributed by atoms with E-state index in [4.69, 9.17) is 4.42 Å². The first-order valence-electron chi connectivity index (χ1n) is 4.74. The Balaban J connectivity index is 2.38. The van der Waals surface area contributed by atoms with Gasteiger partial charge in [-0.3, -0.25) is 9.59 Å². The minimum atomic E-state index is -0.300. The number of aromatic amines is 1. The minimum Gasteiger partial charge on any atom is -0.437 e. The largest absolute Gasteiger partial charge is 0.437 e. The lowest BCUT2D eigenvalue weighted by Gasteiger charge is -1.93. The van der Waals surface area contributed by atoms with Gasteiger partial charge in [-0.05, 0) is 19.1 Å². The van der Waals surface area contributed by atoms with E-state index >= 15 is 0 Å². The van der Waals surface area contributed by atoms with Crippen LogP contribution in [-0.2, 0) is 0 Å². The highest BCUT2D eigenvalue weighted by molar-refractivity contribution is 6.06. The second-order valence-electron chi connectivity index (χ2n) is 3.42. The van der Waals surface area contributed by atoms with Gasteiger partial charge in [-0.25, -0.2) is 4.98 Å². The number of carbonyl (C=O) groups is 2. The summed E-state index contributed by atoms with van der Waals surface area (Å²) >= 11 is 0. The highest BCUT2D eigenvalue weighted by Gasteiger charge is 2.19.